The van der Waals surface area contributed by atoms with Crippen LogP contribution >= 0.6 is 22.9 Å². The van der Waals surface area contributed by atoms with Gasteiger partial charge < -0.3 is 10.6 Å². The third-order valence-corrected chi connectivity index (χ3v) is 4.16. The SMILES string of the molecule is NC1CCN(c2n[nH]c(-c3sccc3Cl)n2)C1. The molecule has 3 N–H and O–H groups in total. The molecule has 0 radical (unpaired) electrons. The average molecular weight is 270 g/mol. The van der Waals surface area contributed by atoms with Crippen LogP contribution in [0.15, 0.2) is 11.4 Å². The molecule has 2 aromatic rings. The molecule has 2 aromatic heterocycles. The normalized spacial score (nSPS) is 20.1. The minimum atomic E-state index is 0.224. The molecule has 1 fully saturated rings. The van der Waals surface area contributed by atoms with Gasteiger partial charge in [0.25, 0.3) is 0 Å². The molecule has 1 unspecified atom stereocenters. The first-order valence-electron chi connectivity index (χ1n) is 5.40. The van der Waals surface area contributed by atoms with Crippen molar-refractivity contribution in [3.05, 3.63) is 16.5 Å². The molecule has 3 rings (SSSR count). The maximum absolute atomic E-state index is 6.06. The first-order valence-corrected chi connectivity index (χ1v) is 6.66. The van der Waals surface area contributed by atoms with Crippen molar-refractivity contribution in [1.82, 2.24) is 15.2 Å². The van der Waals surface area contributed by atoms with Gasteiger partial charge in [0.2, 0.25) is 5.95 Å². The Morgan fingerprint density at radius 2 is 2.47 bits per heavy atom. The van der Waals surface area contributed by atoms with Crippen LogP contribution in [0.1, 0.15) is 6.42 Å². The van der Waals surface area contributed by atoms with Crippen LogP contribution in [0.3, 0.4) is 0 Å². The Morgan fingerprint density at radius 3 is 3.12 bits per heavy atom. The van der Waals surface area contributed by atoms with Crippen molar-refractivity contribution in [3.8, 4) is 10.7 Å². The molecule has 1 aliphatic rings. The van der Waals surface area contributed by atoms with E-state index in [9.17, 15) is 0 Å². The van der Waals surface area contributed by atoms with E-state index in [2.05, 4.69) is 20.1 Å². The molecule has 0 aromatic carbocycles. The third kappa shape index (κ3) is 2.03. The molecule has 0 bridgehead atoms. The first kappa shape index (κ1) is 11.0. The summed E-state index contributed by atoms with van der Waals surface area (Å²) in [5.41, 5.74) is 5.86. The molecule has 1 saturated heterocycles. The Morgan fingerprint density at radius 1 is 1.59 bits per heavy atom. The summed E-state index contributed by atoms with van der Waals surface area (Å²) in [6.45, 7) is 1.73. The highest BCUT2D eigenvalue weighted by Gasteiger charge is 2.23. The maximum atomic E-state index is 6.06. The summed E-state index contributed by atoms with van der Waals surface area (Å²) >= 11 is 7.61. The first-order chi connectivity index (χ1) is 8.24. The second-order valence-electron chi connectivity index (χ2n) is 4.08. The van der Waals surface area contributed by atoms with E-state index >= 15 is 0 Å². The van der Waals surface area contributed by atoms with Crippen molar-refractivity contribution in [2.45, 2.75) is 12.5 Å². The van der Waals surface area contributed by atoms with E-state index in [4.69, 9.17) is 17.3 Å². The van der Waals surface area contributed by atoms with Gasteiger partial charge in [-0.25, -0.2) is 0 Å². The van der Waals surface area contributed by atoms with Gasteiger partial charge >= 0.3 is 0 Å². The zero-order valence-electron chi connectivity index (χ0n) is 9.06. The minimum absolute atomic E-state index is 0.224. The molecular formula is C10H12ClN5S. The highest BCUT2D eigenvalue weighted by Crippen LogP contribution is 2.31. The second-order valence-corrected chi connectivity index (χ2v) is 5.40. The van der Waals surface area contributed by atoms with Crippen LogP contribution in [0.5, 0.6) is 0 Å². The van der Waals surface area contributed by atoms with Gasteiger partial charge in [-0.1, -0.05) is 11.6 Å². The molecule has 0 aliphatic carbocycles. The van der Waals surface area contributed by atoms with Crippen LogP contribution < -0.4 is 10.6 Å². The summed E-state index contributed by atoms with van der Waals surface area (Å²) in [7, 11) is 0. The van der Waals surface area contributed by atoms with E-state index in [-0.39, 0.29) is 6.04 Å². The Kier molecular flexibility index (Phi) is 2.78. The van der Waals surface area contributed by atoms with Crippen molar-refractivity contribution < 1.29 is 0 Å². The Balaban J connectivity index is 1.86. The van der Waals surface area contributed by atoms with Crippen molar-refractivity contribution in [1.29, 1.82) is 0 Å². The zero-order valence-corrected chi connectivity index (χ0v) is 10.6. The molecular weight excluding hydrogens is 258 g/mol. The average Bonchev–Trinajstić information content (AvgIpc) is 2.97. The van der Waals surface area contributed by atoms with E-state index < -0.39 is 0 Å². The molecule has 90 valence electrons. The molecule has 3 heterocycles. The maximum Gasteiger partial charge on any atom is 0.245 e. The molecule has 0 saturated carbocycles. The number of H-pyrrole nitrogens is 1. The van der Waals surface area contributed by atoms with Crippen LogP contribution in [0.25, 0.3) is 10.7 Å². The van der Waals surface area contributed by atoms with Crippen molar-refractivity contribution in [3.63, 3.8) is 0 Å². The summed E-state index contributed by atoms with van der Waals surface area (Å²) in [5, 5.41) is 9.78. The fourth-order valence-electron chi connectivity index (χ4n) is 1.93. The fraction of sp³-hybridized carbons (Fsp3) is 0.400. The van der Waals surface area contributed by atoms with Crippen LogP contribution in [0.2, 0.25) is 5.02 Å². The number of nitrogens with zero attached hydrogens (tertiary/aromatic N) is 3. The standard InChI is InChI=1S/C10H12ClN5S/c11-7-2-4-17-8(7)9-13-10(15-14-9)16-3-1-6(12)5-16/h2,4,6H,1,3,5,12H2,(H,13,14,15). The second kappa shape index (κ2) is 4.29. The molecule has 1 aliphatic heterocycles. The highest BCUT2D eigenvalue weighted by atomic mass is 35.5. The lowest BCUT2D eigenvalue weighted by Crippen LogP contribution is -2.26. The number of aromatic nitrogens is 3. The number of rotatable bonds is 2. The zero-order chi connectivity index (χ0) is 11.8. The number of halogens is 1. The van der Waals surface area contributed by atoms with Crippen LogP contribution in [-0.2, 0) is 0 Å². The quantitative estimate of drug-likeness (QED) is 0.871. The topological polar surface area (TPSA) is 70.8 Å². The fourth-order valence-corrected chi connectivity index (χ4v) is 3.01. The van der Waals surface area contributed by atoms with Crippen molar-refractivity contribution in [2.24, 2.45) is 5.73 Å². The minimum Gasteiger partial charge on any atom is -0.338 e. The van der Waals surface area contributed by atoms with Crippen LogP contribution in [0.4, 0.5) is 5.95 Å². The van der Waals surface area contributed by atoms with Gasteiger partial charge in [-0.15, -0.1) is 16.4 Å². The lowest BCUT2D eigenvalue weighted by Gasteiger charge is -2.11. The molecule has 5 nitrogen and oxygen atoms in total. The summed E-state index contributed by atoms with van der Waals surface area (Å²) in [6, 6.07) is 2.08. The van der Waals surface area contributed by atoms with Gasteiger partial charge in [0.1, 0.15) is 0 Å². The lowest BCUT2D eigenvalue weighted by atomic mass is 10.3. The van der Waals surface area contributed by atoms with Crippen molar-refractivity contribution in [2.75, 3.05) is 18.0 Å². The number of aromatic amines is 1. The number of nitrogens with two attached hydrogens (primary N) is 1. The third-order valence-electron chi connectivity index (χ3n) is 2.81. The van der Waals surface area contributed by atoms with E-state index in [1.807, 2.05) is 11.4 Å². The van der Waals surface area contributed by atoms with Gasteiger partial charge in [-0.05, 0) is 17.9 Å². The van der Waals surface area contributed by atoms with Gasteiger partial charge in [0, 0.05) is 19.1 Å². The molecule has 0 spiro atoms. The number of anilines is 1. The summed E-state index contributed by atoms with van der Waals surface area (Å²) in [4.78, 5) is 7.47. The molecule has 17 heavy (non-hydrogen) atoms. The van der Waals surface area contributed by atoms with E-state index in [1.165, 1.54) is 0 Å². The lowest BCUT2D eigenvalue weighted by molar-refractivity contribution is 0.750. The largest absolute Gasteiger partial charge is 0.338 e. The van der Waals surface area contributed by atoms with Gasteiger partial charge in [-0.3, -0.25) is 5.10 Å². The van der Waals surface area contributed by atoms with E-state index in [1.54, 1.807) is 11.3 Å². The van der Waals surface area contributed by atoms with Gasteiger partial charge in [-0.2, -0.15) is 4.98 Å². The van der Waals surface area contributed by atoms with E-state index in [0.29, 0.717) is 11.0 Å². The summed E-state index contributed by atoms with van der Waals surface area (Å²) in [5.74, 6) is 1.43. The molecule has 1 atom stereocenters. The predicted octanol–water partition coefficient (Wildman–Crippen LogP) is 1.72. The highest BCUT2D eigenvalue weighted by molar-refractivity contribution is 7.14. The monoisotopic (exact) mass is 269 g/mol. The number of hydrogen-bond donors (Lipinski definition) is 2. The smallest absolute Gasteiger partial charge is 0.245 e. The van der Waals surface area contributed by atoms with Gasteiger partial charge in [0.15, 0.2) is 5.82 Å². The summed E-state index contributed by atoms with van der Waals surface area (Å²) in [6.07, 6.45) is 0.990. The predicted molar refractivity (Wildman–Crippen MR) is 69.5 cm³/mol. The Bertz CT molecular complexity index is 522. The summed E-state index contributed by atoms with van der Waals surface area (Å²) < 4.78 is 0. The number of thiophene rings is 1. The number of hydrogen-bond acceptors (Lipinski definition) is 5. The van der Waals surface area contributed by atoms with E-state index in [0.717, 1.165) is 30.2 Å². The Labute approximate surface area is 108 Å². The van der Waals surface area contributed by atoms with Gasteiger partial charge in [0.05, 0.1) is 9.90 Å². The molecule has 0 amide bonds. The Hall–Kier alpha value is -1.11. The number of nitrogens with one attached hydrogen (secondary N) is 1. The van der Waals surface area contributed by atoms with Crippen LogP contribution in [0, 0.1) is 0 Å². The van der Waals surface area contributed by atoms with Crippen molar-refractivity contribution >= 4 is 28.9 Å². The van der Waals surface area contributed by atoms with Crippen LogP contribution in [-0.4, -0.2) is 34.3 Å². The molecule has 7 heteroatoms.